The van der Waals surface area contributed by atoms with E-state index < -0.39 is 0 Å². The van der Waals surface area contributed by atoms with E-state index in [-0.39, 0.29) is 0 Å². The van der Waals surface area contributed by atoms with Gasteiger partial charge in [0.1, 0.15) is 29.6 Å². The first kappa shape index (κ1) is 17.1. The predicted molar refractivity (Wildman–Crippen MR) is 92.7 cm³/mol. The van der Waals surface area contributed by atoms with Crippen molar-refractivity contribution in [1.29, 1.82) is 0 Å². The van der Waals surface area contributed by atoms with E-state index in [2.05, 4.69) is 11.8 Å². The summed E-state index contributed by atoms with van der Waals surface area (Å²) in [4.78, 5) is 0. The Hall–Kier alpha value is -2.31. The van der Waals surface area contributed by atoms with Gasteiger partial charge >= 0.3 is 0 Å². The molecule has 0 aliphatic carbocycles. The molecule has 2 aromatic carbocycles. The maximum atomic E-state index is 5.78. The number of halogens is 1. The van der Waals surface area contributed by atoms with Crippen molar-refractivity contribution < 1.29 is 14.2 Å². The Labute approximate surface area is 142 Å². The molecule has 3 nitrogen and oxygen atoms in total. The lowest BCUT2D eigenvalue weighted by Crippen LogP contribution is -1.97. The van der Waals surface area contributed by atoms with Crippen LogP contribution in [-0.4, -0.2) is 19.1 Å². The second-order valence-electron chi connectivity index (χ2n) is 4.65. The quantitative estimate of drug-likeness (QED) is 0.392. The first-order valence-electron chi connectivity index (χ1n) is 7.41. The van der Waals surface area contributed by atoms with Gasteiger partial charge in [0.05, 0.1) is 6.61 Å². The molecule has 0 unspecified atom stereocenters. The summed E-state index contributed by atoms with van der Waals surface area (Å²) in [6.45, 7) is 2.80. The molecule has 0 aromatic heterocycles. The lowest BCUT2D eigenvalue weighted by molar-refractivity contribution is 0.318. The molecule has 0 spiro atoms. The molecular weight excluding hydrogens is 312 g/mol. The fourth-order valence-electron chi connectivity index (χ4n) is 1.78. The Morgan fingerprint density at radius 1 is 0.826 bits per heavy atom. The molecule has 2 rings (SSSR count). The smallest absolute Gasteiger partial charge is 0.149 e. The summed E-state index contributed by atoms with van der Waals surface area (Å²) >= 11 is 5.61. The molecule has 0 radical (unpaired) electrons. The van der Waals surface area contributed by atoms with E-state index in [1.807, 2.05) is 48.5 Å². The largest absolute Gasteiger partial charge is 0.494 e. The van der Waals surface area contributed by atoms with E-state index in [1.165, 1.54) is 0 Å². The van der Waals surface area contributed by atoms with Crippen LogP contribution in [0.15, 0.2) is 48.5 Å². The Balaban J connectivity index is 1.87. The van der Waals surface area contributed by atoms with Crippen LogP contribution in [-0.2, 0) is 0 Å². The van der Waals surface area contributed by atoms with E-state index >= 15 is 0 Å². The highest BCUT2D eigenvalue weighted by atomic mass is 35.5. The summed E-state index contributed by atoms with van der Waals surface area (Å²) in [5.41, 5.74) is 0. The van der Waals surface area contributed by atoms with Crippen LogP contribution in [0.3, 0.4) is 0 Å². The van der Waals surface area contributed by atoms with E-state index in [0.717, 1.165) is 29.4 Å². The number of rotatable bonds is 8. The maximum absolute atomic E-state index is 5.78. The lowest BCUT2D eigenvalue weighted by Gasteiger charge is -2.09. The zero-order chi connectivity index (χ0) is 16.3. The third-order valence-corrected chi connectivity index (χ3v) is 3.18. The van der Waals surface area contributed by atoms with Gasteiger partial charge in [-0.05, 0) is 61.9 Å². The predicted octanol–water partition coefficient (Wildman–Crippen LogP) is 4.89. The third-order valence-electron chi connectivity index (χ3n) is 2.92. The van der Waals surface area contributed by atoms with Crippen LogP contribution in [0.25, 0.3) is 0 Å². The summed E-state index contributed by atoms with van der Waals surface area (Å²) in [5.74, 6) is 9.31. The third kappa shape index (κ3) is 6.14. The molecule has 0 bridgehead atoms. The number of ether oxygens (including phenoxy) is 3. The zero-order valence-electron chi connectivity index (χ0n) is 13.0. The van der Waals surface area contributed by atoms with Crippen LogP contribution in [0.5, 0.6) is 23.0 Å². The van der Waals surface area contributed by atoms with Gasteiger partial charge in [0.2, 0.25) is 0 Å². The van der Waals surface area contributed by atoms with Crippen molar-refractivity contribution in [1.82, 2.24) is 0 Å². The highest BCUT2D eigenvalue weighted by Gasteiger charge is 2.00. The van der Waals surface area contributed by atoms with Gasteiger partial charge in [0.15, 0.2) is 0 Å². The number of alkyl halides is 1. The summed E-state index contributed by atoms with van der Waals surface area (Å²) < 4.78 is 16.8. The van der Waals surface area contributed by atoms with Gasteiger partial charge < -0.3 is 14.2 Å². The molecule has 0 aliphatic rings. The summed E-state index contributed by atoms with van der Waals surface area (Å²) in [7, 11) is 0. The minimum atomic E-state index is 0.391. The van der Waals surface area contributed by atoms with Crippen LogP contribution in [0.4, 0.5) is 0 Å². The molecule has 0 atom stereocenters. The molecule has 0 saturated carbocycles. The van der Waals surface area contributed by atoms with Gasteiger partial charge in [-0.1, -0.05) is 5.92 Å². The standard InChI is InChI=1S/C19H19ClO3/c1-2-3-14-21-16-5-9-18(10-6-16)23-19-11-7-17(8-12-19)22-15-4-13-20/h5-12H,4,13-15H2,1H3. The Kier molecular flexibility index (Phi) is 7.16. The average Bonchev–Trinajstić information content (AvgIpc) is 2.58. The van der Waals surface area contributed by atoms with E-state index in [0.29, 0.717) is 19.1 Å². The van der Waals surface area contributed by atoms with Gasteiger partial charge in [-0.25, -0.2) is 0 Å². The highest BCUT2D eigenvalue weighted by Crippen LogP contribution is 2.25. The SMILES string of the molecule is CC#CCOc1ccc(Oc2ccc(OCCCCl)cc2)cc1. The minimum Gasteiger partial charge on any atom is -0.494 e. The van der Waals surface area contributed by atoms with Crippen molar-refractivity contribution >= 4 is 11.6 Å². The normalized spacial score (nSPS) is 9.65. The first-order valence-corrected chi connectivity index (χ1v) is 7.94. The minimum absolute atomic E-state index is 0.391. The topological polar surface area (TPSA) is 27.7 Å². The Morgan fingerprint density at radius 3 is 1.87 bits per heavy atom. The van der Waals surface area contributed by atoms with Gasteiger partial charge in [-0.3, -0.25) is 0 Å². The van der Waals surface area contributed by atoms with Crippen molar-refractivity contribution in [3.05, 3.63) is 48.5 Å². The van der Waals surface area contributed by atoms with E-state index in [1.54, 1.807) is 6.92 Å². The fourth-order valence-corrected chi connectivity index (χ4v) is 1.89. The van der Waals surface area contributed by atoms with Crippen molar-refractivity contribution in [2.75, 3.05) is 19.1 Å². The maximum Gasteiger partial charge on any atom is 0.149 e. The number of hydrogen-bond donors (Lipinski definition) is 0. The average molecular weight is 331 g/mol. The van der Waals surface area contributed by atoms with Crippen LogP contribution >= 0.6 is 11.6 Å². The highest BCUT2D eigenvalue weighted by molar-refractivity contribution is 6.17. The number of benzene rings is 2. The molecule has 0 N–H and O–H groups in total. The number of hydrogen-bond acceptors (Lipinski definition) is 3. The second-order valence-corrected chi connectivity index (χ2v) is 5.03. The monoisotopic (exact) mass is 330 g/mol. The molecular formula is C19H19ClO3. The summed E-state index contributed by atoms with van der Waals surface area (Å²) in [5, 5.41) is 0. The summed E-state index contributed by atoms with van der Waals surface area (Å²) in [6.07, 6.45) is 0.831. The molecule has 23 heavy (non-hydrogen) atoms. The van der Waals surface area contributed by atoms with Crippen LogP contribution in [0, 0.1) is 11.8 Å². The van der Waals surface area contributed by atoms with Crippen LogP contribution in [0.2, 0.25) is 0 Å². The fraction of sp³-hybridized carbons (Fsp3) is 0.263. The van der Waals surface area contributed by atoms with Gasteiger partial charge in [-0.15, -0.1) is 17.5 Å². The molecule has 0 aliphatic heterocycles. The molecule has 0 fully saturated rings. The van der Waals surface area contributed by atoms with Gasteiger partial charge in [0, 0.05) is 5.88 Å². The van der Waals surface area contributed by atoms with Crippen molar-refractivity contribution in [2.45, 2.75) is 13.3 Å². The second kappa shape index (κ2) is 9.66. The molecule has 0 heterocycles. The zero-order valence-corrected chi connectivity index (χ0v) is 13.8. The van der Waals surface area contributed by atoms with Gasteiger partial charge in [-0.2, -0.15) is 0 Å². The van der Waals surface area contributed by atoms with Crippen LogP contribution < -0.4 is 14.2 Å². The molecule has 0 saturated heterocycles. The first-order chi connectivity index (χ1) is 11.3. The Morgan fingerprint density at radius 2 is 1.35 bits per heavy atom. The molecule has 120 valence electrons. The van der Waals surface area contributed by atoms with Crippen molar-refractivity contribution in [3.8, 4) is 34.8 Å². The van der Waals surface area contributed by atoms with E-state index in [9.17, 15) is 0 Å². The van der Waals surface area contributed by atoms with E-state index in [4.69, 9.17) is 25.8 Å². The Bertz CT molecular complexity index is 639. The van der Waals surface area contributed by atoms with Gasteiger partial charge in [0.25, 0.3) is 0 Å². The molecule has 2 aromatic rings. The lowest BCUT2D eigenvalue weighted by atomic mass is 10.3. The molecule has 0 amide bonds. The van der Waals surface area contributed by atoms with Crippen molar-refractivity contribution in [2.24, 2.45) is 0 Å². The summed E-state index contributed by atoms with van der Waals surface area (Å²) in [6, 6.07) is 14.9. The van der Waals surface area contributed by atoms with Crippen LogP contribution in [0.1, 0.15) is 13.3 Å². The molecule has 4 heteroatoms. The van der Waals surface area contributed by atoms with Crippen molar-refractivity contribution in [3.63, 3.8) is 0 Å².